The van der Waals surface area contributed by atoms with Gasteiger partial charge in [0.2, 0.25) is 0 Å². The molecule has 0 nitrogen and oxygen atoms in total. The molecule has 0 amide bonds. The van der Waals surface area contributed by atoms with Crippen molar-refractivity contribution in [2.75, 3.05) is 0 Å². The lowest BCUT2D eigenvalue weighted by molar-refractivity contribution is 0.494. The van der Waals surface area contributed by atoms with Crippen LogP contribution in [0.5, 0.6) is 0 Å². The minimum atomic E-state index is -0.409. The molecule has 0 heterocycles. The van der Waals surface area contributed by atoms with Crippen LogP contribution >= 0.6 is 0 Å². The highest BCUT2D eigenvalue weighted by atomic mass is 19.1. The maximum absolute atomic E-state index is 13.0. The van der Waals surface area contributed by atoms with Crippen LogP contribution in [0, 0.1) is 11.8 Å². The van der Waals surface area contributed by atoms with Crippen molar-refractivity contribution in [3.63, 3.8) is 0 Å². The van der Waals surface area contributed by atoms with E-state index in [-0.39, 0.29) is 0 Å². The van der Waals surface area contributed by atoms with Crippen molar-refractivity contribution < 1.29 is 4.39 Å². The second-order valence-electron chi connectivity index (χ2n) is 5.56. The summed E-state index contributed by atoms with van der Waals surface area (Å²) in [6, 6.07) is 0. The Morgan fingerprint density at radius 1 is 1.00 bits per heavy atom. The molecule has 0 aromatic carbocycles. The maximum Gasteiger partial charge on any atom is 0.123 e. The van der Waals surface area contributed by atoms with Crippen molar-refractivity contribution in [3.8, 4) is 0 Å². The third kappa shape index (κ3) is 7.73. The Morgan fingerprint density at radius 3 is 2.10 bits per heavy atom. The van der Waals surface area contributed by atoms with Crippen LogP contribution in [-0.4, -0.2) is 0 Å². The van der Waals surface area contributed by atoms with Crippen molar-refractivity contribution in [2.45, 2.75) is 33.6 Å². The molecular weight excluding hydrogens is 247 g/mol. The van der Waals surface area contributed by atoms with Crippen molar-refractivity contribution in [1.29, 1.82) is 0 Å². The zero-order valence-corrected chi connectivity index (χ0v) is 13.1. The second-order valence-corrected chi connectivity index (χ2v) is 5.56. The van der Waals surface area contributed by atoms with E-state index in [2.05, 4.69) is 47.1 Å². The van der Waals surface area contributed by atoms with E-state index in [0.29, 0.717) is 23.0 Å². The van der Waals surface area contributed by atoms with E-state index >= 15 is 0 Å². The molecule has 1 unspecified atom stereocenters. The van der Waals surface area contributed by atoms with Gasteiger partial charge in [-0.05, 0) is 41.6 Å². The summed E-state index contributed by atoms with van der Waals surface area (Å²) in [5.74, 6) is 0.736. The first-order valence-corrected chi connectivity index (χ1v) is 7.02. The summed E-state index contributed by atoms with van der Waals surface area (Å²) in [6.45, 7) is 21.7. The van der Waals surface area contributed by atoms with E-state index < -0.39 is 5.83 Å². The highest BCUT2D eigenvalue weighted by Crippen LogP contribution is 2.20. The fraction of sp³-hybridized carbons (Fsp3) is 0.368. The Hall–Kier alpha value is -1.63. The summed E-state index contributed by atoms with van der Waals surface area (Å²) >= 11 is 0. The first-order chi connectivity index (χ1) is 9.27. The minimum absolute atomic E-state index is 0.409. The molecular formula is C19H27F. The fourth-order valence-corrected chi connectivity index (χ4v) is 1.57. The standard InChI is InChI=1S/C19H27F/c1-8-19(20)13-18(7)17(6)12-11-16(5)15(4)10-9-14(2)3/h8,11-15H,1,5-7,9-10H2,2-4H3/b12-11-,19-13+. The molecule has 0 spiro atoms. The molecule has 1 atom stereocenters. The van der Waals surface area contributed by atoms with Crippen LogP contribution in [0.2, 0.25) is 0 Å². The number of halogens is 1. The van der Waals surface area contributed by atoms with Gasteiger partial charge in [0.25, 0.3) is 0 Å². The molecule has 0 aliphatic rings. The predicted octanol–water partition coefficient (Wildman–Crippen LogP) is 6.32. The Kier molecular flexibility index (Phi) is 8.54. The number of hydrogen-bond donors (Lipinski definition) is 0. The van der Waals surface area contributed by atoms with Crippen LogP contribution in [0.3, 0.4) is 0 Å². The van der Waals surface area contributed by atoms with Gasteiger partial charge in [0.05, 0.1) is 0 Å². The molecule has 0 aromatic heterocycles. The van der Waals surface area contributed by atoms with Crippen molar-refractivity contribution in [1.82, 2.24) is 0 Å². The van der Waals surface area contributed by atoms with Crippen molar-refractivity contribution >= 4 is 0 Å². The molecule has 0 N–H and O–H groups in total. The van der Waals surface area contributed by atoms with Crippen molar-refractivity contribution in [2.24, 2.45) is 11.8 Å². The summed E-state index contributed by atoms with van der Waals surface area (Å²) in [7, 11) is 0. The van der Waals surface area contributed by atoms with Gasteiger partial charge in [-0.1, -0.05) is 71.2 Å². The van der Waals surface area contributed by atoms with Crippen LogP contribution in [0.25, 0.3) is 0 Å². The van der Waals surface area contributed by atoms with Gasteiger partial charge in [-0.15, -0.1) is 0 Å². The van der Waals surface area contributed by atoms with Crippen LogP contribution in [0.1, 0.15) is 33.6 Å². The van der Waals surface area contributed by atoms with E-state index in [9.17, 15) is 4.39 Å². The topological polar surface area (TPSA) is 0 Å². The van der Waals surface area contributed by atoms with Gasteiger partial charge in [-0.25, -0.2) is 4.39 Å². The van der Waals surface area contributed by atoms with Gasteiger partial charge in [-0.2, -0.15) is 0 Å². The highest BCUT2D eigenvalue weighted by Gasteiger charge is 2.05. The highest BCUT2D eigenvalue weighted by molar-refractivity contribution is 5.45. The van der Waals surface area contributed by atoms with Gasteiger partial charge < -0.3 is 0 Å². The lowest BCUT2D eigenvalue weighted by Gasteiger charge is -2.13. The molecule has 0 aliphatic carbocycles. The summed E-state index contributed by atoms with van der Waals surface area (Å²) in [5.41, 5.74) is 2.29. The molecule has 0 saturated carbocycles. The SMILES string of the molecule is C=C/C(F)=C\C(=C)C(=C)/C=C\C(=C)C(C)CCC(C)C. The van der Waals surface area contributed by atoms with Gasteiger partial charge in [-0.3, -0.25) is 0 Å². The summed E-state index contributed by atoms with van der Waals surface area (Å²) in [5, 5.41) is 0. The average Bonchev–Trinajstić information content (AvgIpc) is 2.40. The molecule has 0 bridgehead atoms. The number of hydrogen-bond acceptors (Lipinski definition) is 0. The lowest BCUT2D eigenvalue weighted by Crippen LogP contribution is -1.99. The Bertz CT molecular complexity index is 433. The van der Waals surface area contributed by atoms with Gasteiger partial charge in [0.15, 0.2) is 0 Å². The zero-order valence-electron chi connectivity index (χ0n) is 13.1. The Labute approximate surface area is 123 Å². The van der Waals surface area contributed by atoms with Crippen LogP contribution in [0.15, 0.2) is 73.2 Å². The third-order valence-corrected chi connectivity index (χ3v) is 3.23. The molecule has 0 aromatic rings. The first-order valence-electron chi connectivity index (χ1n) is 7.02. The molecule has 0 radical (unpaired) electrons. The minimum Gasteiger partial charge on any atom is -0.207 e. The Balaban J connectivity index is 4.48. The molecule has 1 heteroatoms. The lowest BCUT2D eigenvalue weighted by atomic mass is 9.93. The smallest absolute Gasteiger partial charge is 0.123 e. The van der Waals surface area contributed by atoms with Crippen LogP contribution in [0.4, 0.5) is 4.39 Å². The quantitative estimate of drug-likeness (QED) is 0.431. The van der Waals surface area contributed by atoms with Gasteiger partial charge in [0.1, 0.15) is 5.83 Å². The number of rotatable bonds is 9. The van der Waals surface area contributed by atoms with Crippen LogP contribution < -0.4 is 0 Å². The zero-order chi connectivity index (χ0) is 15.7. The largest absolute Gasteiger partial charge is 0.207 e. The molecule has 0 fully saturated rings. The summed E-state index contributed by atoms with van der Waals surface area (Å²) < 4.78 is 13.0. The molecule has 0 aliphatic heterocycles. The second kappa shape index (κ2) is 9.30. The summed E-state index contributed by atoms with van der Waals surface area (Å²) in [6.07, 6.45) is 8.56. The average molecular weight is 274 g/mol. The molecule has 0 rings (SSSR count). The maximum atomic E-state index is 13.0. The third-order valence-electron chi connectivity index (χ3n) is 3.23. The van der Waals surface area contributed by atoms with Crippen molar-refractivity contribution in [3.05, 3.63) is 73.2 Å². The van der Waals surface area contributed by atoms with E-state index in [1.807, 2.05) is 12.2 Å². The van der Waals surface area contributed by atoms with E-state index in [0.717, 1.165) is 18.1 Å². The summed E-state index contributed by atoms with van der Waals surface area (Å²) in [4.78, 5) is 0. The molecule has 0 saturated heterocycles. The van der Waals surface area contributed by atoms with Gasteiger partial charge >= 0.3 is 0 Å². The van der Waals surface area contributed by atoms with Gasteiger partial charge in [0, 0.05) is 0 Å². The monoisotopic (exact) mass is 274 g/mol. The molecule has 20 heavy (non-hydrogen) atoms. The predicted molar refractivity (Wildman–Crippen MR) is 89.2 cm³/mol. The first kappa shape index (κ1) is 18.4. The van der Waals surface area contributed by atoms with E-state index in [1.165, 1.54) is 12.5 Å². The normalized spacial score (nSPS) is 13.6. The number of allylic oxidation sites excluding steroid dienone is 8. The van der Waals surface area contributed by atoms with E-state index in [4.69, 9.17) is 0 Å². The van der Waals surface area contributed by atoms with Crippen LogP contribution in [-0.2, 0) is 0 Å². The molecule has 110 valence electrons. The fourth-order valence-electron chi connectivity index (χ4n) is 1.57. The Morgan fingerprint density at radius 2 is 1.60 bits per heavy atom. The van der Waals surface area contributed by atoms with E-state index in [1.54, 1.807) is 0 Å².